The first-order valence-corrected chi connectivity index (χ1v) is 10.2. The lowest BCUT2D eigenvalue weighted by Gasteiger charge is -2.25. The minimum Gasteiger partial charge on any atom is -0.347 e. The number of carbonyl (C=O) groups is 1. The summed E-state index contributed by atoms with van der Waals surface area (Å²) >= 11 is 13.7. The van der Waals surface area contributed by atoms with Gasteiger partial charge in [-0.2, -0.15) is 11.3 Å². The van der Waals surface area contributed by atoms with Crippen LogP contribution in [0.15, 0.2) is 35.0 Å². The van der Waals surface area contributed by atoms with Gasteiger partial charge in [0.1, 0.15) is 0 Å². The average Bonchev–Trinajstić information content (AvgIpc) is 3.29. The number of carbonyl (C=O) groups excluding carboxylic acids is 1. The number of nitrogens with zero attached hydrogens (tertiary/aromatic N) is 1. The Hall–Kier alpha value is -1.07. The van der Waals surface area contributed by atoms with Crippen molar-refractivity contribution >= 4 is 40.4 Å². The van der Waals surface area contributed by atoms with Crippen LogP contribution in [-0.2, 0) is 4.79 Å². The van der Waals surface area contributed by atoms with Gasteiger partial charge in [-0.25, -0.2) is 0 Å². The first kappa shape index (κ1) is 18.7. The molecule has 0 spiro atoms. The molecule has 1 aliphatic heterocycles. The minimum absolute atomic E-state index is 0.00814. The molecule has 3 nitrogen and oxygen atoms in total. The summed E-state index contributed by atoms with van der Waals surface area (Å²) < 4.78 is 0. The quantitative estimate of drug-likeness (QED) is 0.735. The second-order valence-corrected chi connectivity index (χ2v) is 8.12. The van der Waals surface area contributed by atoms with Gasteiger partial charge < -0.3 is 10.2 Å². The minimum atomic E-state index is -0.283. The van der Waals surface area contributed by atoms with Gasteiger partial charge in [-0.05, 0) is 72.9 Å². The molecule has 1 fully saturated rings. The van der Waals surface area contributed by atoms with Gasteiger partial charge in [0.05, 0.1) is 22.0 Å². The molecule has 2 atom stereocenters. The average molecular weight is 397 g/mol. The third-order valence-corrected chi connectivity index (χ3v) is 6.18. The SMILES string of the molecule is CC(C(=O)NC(CN1CCCC1)c1ccsc1)c1ccc(Cl)c(Cl)c1. The molecule has 0 bridgehead atoms. The van der Waals surface area contributed by atoms with Gasteiger partial charge in [-0.1, -0.05) is 29.3 Å². The monoisotopic (exact) mass is 396 g/mol. The van der Waals surface area contributed by atoms with Gasteiger partial charge in [-0.3, -0.25) is 4.79 Å². The highest BCUT2D eigenvalue weighted by molar-refractivity contribution is 7.08. The summed E-state index contributed by atoms with van der Waals surface area (Å²) in [6.45, 7) is 4.98. The molecular formula is C19H22Cl2N2OS. The smallest absolute Gasteiger partial charge is 0.227 e. The summed E-state index contributed by atoms with van der Waals surface area (Å²) in [6.07, 6.45) is 2.48. The van der Waals surface area contributed by atoms with Gasteiger partial charge in [0.2, 0.25) is 5.91 Å². The Kier molecular flexibility index (Phi) is 6.39. The van der Waals surface area contributed by atoms with Crippen LogP contribution in [0.5, 0.6) is 0 Å². The number of halogens is 2. The van der Waals surface area contributed by atoms with Crippen molar-refractivity contribution in [2.75, 3.05) is 19.6 Å². The lowest BCUT2D eigenvalue weighted by atomic mass is 9.99. The first-order chi connectivity index (χ1) is 12.0. The number of amides is 1. The summed E-state index contributed by atoms with van der Waals surface area (Å²) in [7, 11) is 0. The molecule has 3 rings (SSSR count). The predicted molar refractivity (Wildman–Crippen MR) is 106 cm³/mol. The van der Waals surface area contributed by atoms with E-state index < -0.39 is 0 Å². The van der Waals surface area contributed by atoms with E-state index in [1.165, 1.54) is 18.4 Å². The second kappa shape index (κ2) is 8.54. The van der Waals surface area contributed by atoms with E-state index in [2.05, 4.69) is 27.0 Å². The van der Waals surface area contributed by atoms with E-state index in [-0.39, 0.29) is 17.9 Å². The molecule has 0 radical (unpaired) electrons. The molecular weight excluding hydrogens is 375 g/mol. The highest BCUT2D eigenvalue weighted by Gasteiger charge is 2.24. The van der Waals surface area contributed by atoms with Gasteiger partial charge in [0.25, 0.3) is 0 Å². The Bertz CT molecular complexity index is 714. The molecule has 134 valence electrons. The van der Waals surface area contributed by atoms with Crippen LogP contribution in [-0.4, -0.2) is 30.4 Å². The van der Waals surface area contributed by atoms with E-state index >= 15 is 0 Å². The standard InChI is InChI=1S/C19H22Cl2N2OS/c1-13(14-4-5-16(20)17(21)10-14)19(24)22-18(15-6-9-25-12-15)11-23-7-2-3-8-23/h4-6,9-10,12-13,18H,2-3,7-8,11H2,1H3,(H,22,24). The maximum absolute atomic E-state index is 12.8. The highest BCUT2D eigenvalue weighted by Crippen LogP contribution is 2.27. The van der Waals surface area contributed by atoms with Crippen molar-refractivity contribution < 1.29 is 4.79 Å². The zero-order valence-corrected chi connectivity index (χ0v) is 16.5. The van der Waals surface area contributed by atoms with Gasteiger partial charge in [0.15, 0.2) is 0 Å². The Morgan fingerprint density at radius 1 is 1.20 bits per heavy atom. The topological polar surface area (TPSA) is 32.3 Å². The summed E-state index contributed by atoms with van der Waals surface area (Å²) in [4.78, 5) is 15.2. The molecule has 0 saturated carbocycles. The summed E-state index contributed by atoms with van der Waals surface area (Å²) in [5, 5.41) is 8.38. The number of benzene rings is 1. The Labute approximate surface area is 162 Å². The summed E-state index contributed by atoms with van der Waals surface area (Å²) in [5.41, 5.74) is 2.05. The fourth-order valence-corrected chi connectivity index (χ4v) is 4.18. The van der Waals surface area contributed by atoms with Crippen LogP contribution >= 0.6 is 34.5 Å². The predicted octanol–water partition coefficient (Wildman–Crippen LogP) is 5.11. The van der Waals surface area contributed by atoms with Crippen LogP contribution in [0.25, 0.3) is 0 Å². The van der Waals surface area contributed by atoms with Gasteiger partial charge in [-0.15, -0.1) is 0 Å². The molecule has 2 heterocycles. The number of hydrogen-bond donors (Lipinski definition) is 1. The van der Waals surface area contributed by atoms with E-state index in [1.54, 1.807) is 23.5 Å². The van der Waals surface area contributed by atoms with Crippen LogP contribution in [0, 0.1) is 0 Å². The Morgan fingerprint density at radius 2 is 1.96 bits per heavy atom. The maximum atomic E-state index is 12.8. The van der Waals surface area contributed by atoms with Crippen molar-refractivity contribution in [3.63, 3.8) is 0 Å². The second-order valence-electron chi connectivity index (χ2n) is 6.52. The van der Waals surface area contributed by atoms with E-state index in [0.29, 0.717) is 10.0 Å². The zero-order chi connectivity index (χ0) is 17.8. The summed E-state index contributed by atoms with van der Waals surface area (Å²) in [6, 6.07) is 7.48. The van der Waals surface area contributed by atoms with E-state index in [4.69, 9.17) is 23.2 Å². The molecule has 2 aromatic rings. The van der Waals surface area contributed by atoms with Crippen molar-refractivity contribution in [1.82, 2.24) is 10.2 Å². The zero-order valence-electron chi connectivity index (χ0n) is 14.2. The normalized spacial score (nSPS) is 17.4. The van der Waals surface area contributed by atoms with Crippen molar-refractivity contribution in [3.05, 3.63) is 56.2 Å². The molecule has 1 saturated heterocycles. The number of hydrogen-bond acceptors (Lipinski definition) is 3. The largest absolute Gasteiger partial charge is 0.347 e. The molecule has 0 aliphatic carbocycles. The summed E-state index contributed by atoms with van der Waals surface area (Å²) in [5.74, 6) is -0.275. The van der Waals surface area contributed by atoms with E-state index in [0.717, 1.165) is 25.2 Å². The van der Waals surface area contributed by atoms with Crippen LogP contribution in [0.1, 0.15) is 42.9 Å². The lowest BCUT2D eigenvalue weighted by Crippen LogP contribution is -2.38. The van der Waals surface area contributed by atoms with E-state index in [9.17, 15) is 4.79 Å². The van der Waals surface area contributed by atoms with Crippen molar-refractivity contribution in [2.24, 2.45) is 0 Å². The van der Waals surface area contributed by atoms with Crippen molar-refractivity contribution in [2.45, 2.75) is 31.7 Å². The Balaban J connectivity index is 1.71. The van der Waals surface area contributed by atoms with Crippen molar-refractivity contribution in [1.29, 1.82) is 0 Å². The molecule has 1 amide bonds. The van der Waals surface area contributed by atoms with Gasteiger partial charge >= 0.3 is 0 Å². The lowest BCUT2D eigenvalue weighted by molar-refractivity contribution is -0.123. The highest BCUT2D eigenvalue weighted by atomic mass is 35.5. The molecule has 1 N–H and O–H groups in total. The molecule has 2 unspecified atom stereocenters. The van der Waals surface area contributed by atoms with E-state index in [1.807, 2.05) is 13.0 Å². The molecule has 1 aliphatic rings. The first-order valence-electron chi connectivity index (χ1n) is 8.54. The van der Waals surface area contributed by atoms with Crippen LogP contribution in [0.2, 0.25) is 10.0 Å². The number of likely N-dealkylation sites (tertiary alicyclic amines) is 1. The number of nitrogens with one attached hydrogen (secondary N) is 1. The maximum Gasteiger partial charge on any atom is 0.227 e. The fraction of sp³-hybridized carbons (Fsp3) is 0.421. The van der Waals surface area contributed by atoms with Crippen LogP contribution < -0.4 is 5.32 Å². The molecule has 6 heteroatoms. The number of rotatable bonds is 6. The number of thiophene rings is 1. The molecule has 1 aromatic heterocycles. The third kappa shape index (κ3) is 4.76. The van der Waals surface area contributed by atoms with Gasteiger partial charge in [0, 0.05) is 6.54 Å². The molecule has 25 heavy (non-hydrogen) atoms. The Morgan fingerprint density at radius 3 is 2.60 bits per heavy atom. The third-order valence-electron chi connectivity index (χ3n) is 4.74. The van der Waals surface area contributed by atoms with Crippen LogP contribution in [0.3, 0.4) is 0 Å². The fourth-order valence-electron chi connectivity index (χ4n) is 3.16. The van der Waals surface area contributed by atoms with Crippen molar-refractivity contribution in [3.8, 4) is 0 Å². The molecule has 1 aromatic carbocycles. The van der Waals surface area contributed by atoms with Crippen LogP contribution in [0.4, 0.5) is 0 Å².